The molecule has 0 unspecified atom stereocenters. The number of carbonyl (C=O) groups excluding carboxylic acids is 3. The van der Waals surface area contributed by atoms with Gasteiger partial charge in [-0.2, -0.15) is 0 Å². The minimum atomic E-state index is -0.836. The largest absolute Gasteiger partial charge is 0.451 e. The Bertz CT molecular complexity index is 442. The van der Waals surface area contributed by atoms with Gasteiger partial charge in [-0.1, -0.05) is 0 Å². The lowest BCUT2D eigenvalue weighted by atomic mass is 10.2. The lowest BCUT2D eigenvalue weighted by Gasteiger charge is -2.29. The summed E-state index contributed by atoms with van der Waals surface area (Å²) in [5.74, 6) is -0.286. The number of fused-ring (bicyclic) bond motifs is 1. The first-order valence-electron chi connectivity index (χ1n) is 6.83. The summed E-state index contributed by atoms with van der Waals surface area (Å²) in [5, 5.41) is 2.60. The van der Waals surface area contributed by atoms with Crippen molar-refractivity contribution >= 4 is 29.5 Å². The highest BCUT2D eigenvalue weighted by atomic mass is 32.2. The summed E-state index contributed by atoms with van der Waals surface area (Å²) in [6.07, 6.45) is 0.391. The van der Waals surface area contributed by atoms with E-state index in [1.54, 1.807) is 23.6 Å². The molecule has 2 heterocycles. The first-order valence-corrected chi connectivity index (χ1v) is 7.82. The van der Waals surface area contributed by atoms with Gasteiger partial charge in [-0.3, -0.25) is 9.59 Å². The fourth-order valence-corrected chi connectivity index (χ4v) is 4.04. The number of hydrogen-bond donors (Lipinski definition) is 1. The van der Waals surface area contributed by atoms with Crippen LogP contribution in [0.4, 0.5) is 0 Å². The van der Waals surface area contributed by atoms with Gasteiger partial charge in [0.2, 0.25) is 5.91 Å². The Balaban J connectivity index is 2.00. The summed E-state index contributed by atoms with van der Waals surface area (Å²) < 4.78 is 5.19. The number of hydrogen-bond acceptors (Lipinski definition) is 5. The molecule has 0 aromatic rings. The maximum Gasteiger partial charge on any atom is 0.330 e. The standard InChI is InChI=1S/C13H20N2O4S/c1-4-14-11(17)8(2)19-12(18)9-7-20-13(3)6-5-10(16)15(9)13/h8-9H,4-7H2,1-3H3,(H,14,17)/t8-,9+,13-/m0/s1. The van der Waals surface area contributed by atoms with Crippen LogP contribution in [-0.4, -0.2) is 52.0 Å². The fourth-order valence-electron chi connectivity index (χ4n) is 2.62. The highest BCUT2D eigenvalue weighted by Gasteiger charge is 2.53. The molecule has 0 bridgehead atoms. The van der Waals surface area contributed by atoms with Crippen molar-refractivity contribution in [3.05, 3.63) is 0 Å². The van der Waals surface area contributed by atoms with Gasteiger partial charge in [-0.25, -0.2) is 4.79 Å². The zero-order valence-corrected chi connectivity index (χ0v) is 12.8. The van der Waals surface area contributed by atoms with Crippen molar-refractivity contribution in [2.24, 2.45) is 0 Å². The van der Waals surface area contributed by atoms with Gasteiger partial charge in [0.25, 0.3) is 5.91 Å². The third kappa shape index (κ3) is 2.63. The zero-order valence-electron chi connectivity index (χ0n) is 12.0. The van der Waals surface area contributed by atoms with Crippen molar-refractivity contribution in [3.8, 4) is 0 Å². The van der Waals surface area contributed by atoms with Gasteiger partial charge in [0, 0.05) is 18.7 Å². The van der Waals surface area contributed by atoms with E-state index in [9.17, 15) is 14.4 Å². The van der Waals surface area contributed by atoms with Crippen molar-refractivity contribution in [3.63, 3.8) is 0 Å². The summed E-state index contributed by atoms with van der Waals surface area (Å²) in [5.41, 5.74) is 0. The van der Waals surface area contributed by atoms with Gasteiger partial charge in [0.15, 0.2) is 6.10 Å². The van der Waals surface area contributed by atoms with Crippen LogP contribution < -0.4 is 5.32 Å². The molecular weight excluding hydrogens is 280 g/mol. The van der Waals surface area contributed by atoms with Gasteiger partial charge in [-0.05, 0) is 27.2 Å². The summed E-state index contributed by atoms with van der Waals surface area (Å²) in [7, 11) is 0. The molecule has 112 valence electrons. The molecule has 0 aromatic heterocycles. The minimum Gasteiger partial charge on any atom is -0.451 e. The predicted molar refractivity (Wildman–Crippen MR) is 75.0 cm³/mol. The van der Waals surface area contributed by atoms with E-state index in [2.05, 4.69) is 5.32 Å². The van der Waals surface area contributed by atoms with E-state index >= 15 is 0 Å². The smallest absolute Gasteiger partial charge is 0.330 e. The number of nitrogens with one attached hydrogen (secondary N) is 1. The molecule has 2 rings (SSSR count). The van der Waals surface area contributed by atoms with Crippen LogP contribution in [0, 0.1) is 0 Å². The highest BCUT2D eigenvalue weighted by Crippen LogP contribution is 2.47. The van der Waals surface area contributed by atoms with Gasteiger partial charge in [0.1, 0.15) is 6.04 Å². The molecule has 0 aromatic carbocycles. The van der Waals surface area contributed by atoms with Gasteiger partial charge in [-0.15, -0.1) is 11.8 Å². The second-order valence-electron chi connectivity index (χ2n) is 5.24. The second-order valence-corrected chi connectivity index (χ2v) is 6.74. The average molecular weight is 300 g/mol. The van der Waals surface area contributed by atoms with E-state index in [1.807, 2.05) is 6.92 Å². The van der Waals surface area contributed by atoms with Crippen LogP contribution >= 0.6 is 11.8 Å². The van der Waals surface area contributed by atoms with Crippen molar-refractivity contribution in [2.45, 2.75) is 50.6 Å². The summed E-state index contributed by atoms with van der Waals surface area (Å²) in [6.45, 7) is 5.80. The highest BCUT2D eigenvalue weighted by molar-refractivity contribution is 8.01. The number of carbonyl (C=O) groups is 3. The van der Waals surface area contributed by atoms with E-state index in [1.165, 1.54) is 6.92 Å². The molecular formula is C13H20N2O4S. The molecule has 0 spiro atoms. The topological polar surface area (TPSA) is 75.7 Å². The van der Waals surface area contributed by atoms with Crippen molar-refractivity contribution in [1.82, 2.24) is 10.2 Å². The SMILES string of the molecule is CCNC(=O)[C@H](C)OC(=O)[C@H]1CS[C@@]2(C)CCC(=O)N12. The molecule has 3 atom stereocenters. The Labute approximate surface area is 122 Å². The van der Waals surface area contributed by atoms with Crippen molar-refractivity contribution < 1.29 is 19.1 Å². The molecule has 2 aliphatic heterocycles. The van der Waals surface area contributed by atoms with Crippen molar-refractivity contribution in [1.29, 1.82) is 0 Å². The Morgan fingerprint density at radius 1 is 1.60 bits per heavy atom. The van der Waals surface area contributed by atoms with Crippen LogP contribution in [0.25, 0.3) is 0 Å². The number of likely N-dealkylation sites (N-methyl/N-ethyl adjacent to an activating group) is 1. The summed E-state index contributed by atoms with van der Waals surface area (Å²) in [6, 6.07) is -0.572. The number of nitrogens with zero attached hydrogens (tertiary/aromatic N) is 1. The Hall–Kier alpha value is -1.24. The number of amides is 2. The van der Waals surface area contributed by atoms with E-state index in [0.717, 1.165) is 6.42 Å². The minimum absolute atomic E-state index is 0.00915. The van der Waals surface area contributed by atoms with Crippen molar-refractivity contribution in [2.75, 3.05) is 12.3 Å². The van der Waals surface area contributed by atoms with Crippen LogP contribution in [-0.2, 0) is 19.1 Å². The van der Waals surface area contributed by atoms with Crippen LogP contribution in [0.2, 0.25) is 0 Å². The number of rotatable bonds is 4. The van der Waals surface area contributed by atoms with E-state index in [4.69, 9.17) is 4.74 Å². The van der Waals surface area contributed by atoms with Crippen LogP contribution in [0.1, 0.15) is 33.6 Å². The number of esters is 1. The van der Waals surface area contributed by atoms with Gasteiger partial charge < -0.3 is 15.0 Å². The molecule has 6 nitrogen and oxygen atoms in total. The van der Waals surface area contributed by atoms with E-state index in [-0.39, 0.29) is 16.7 Å². The molecule has 0 saturated carbocycles. The lowest BCUT2D eigenvalue weighted by Crippen LogP contribution is -2.48. The average Bonchev–Trinajstić information content (AvgIpc) is 2.87. The summed E-state index contributed by atoms with van der Waals surface area (Å²) in [4.78, 5) is 37.0. The first-order chi connectivity index (χ1) is 9.39. The maximum atomic E-state index is 12.2. The van der Waals surface area contributed by atoms with Gasteiger partial charge >= 0.3 is 5.97 Å². The quantitative estimate of drug-likeness (QED) is 0.766. The molecule has 20 heavy (non-hydrogen) atoms. The van der Waals surface area contributed by atoms with Crippen LogP contribution in [0.15, 0.2) is 0 Å². The van der Waals surface area contributed by atoms with E-state index in [0.29, 0.717) is 18.7 Å². The molecule has 2 saturated heterocycles. The second kappa shape index (κ2) is 5.63. The molecule has 2 aliphatic rings. The molecule has 2 amide bonds. The predicted octanol–water partition coefficient (Wildman–Crippen LogP) is 0.508. The molecule has 2 fully saturated rings. The third-order valence-electron chi connectivity index (χ3n) is 3.73. The molecule has 0 radical (unpaired) electrons. The first kappa shape index (κ1) is 15.2. The Morgan fingerprint density at radius 2 is 2.30 bits per heavy atom. The summed E-state index contributed by atoms with van der Waals surface area (Å²) >= 11 is 1.60. The monoisotopic (exact) mass is 300 g/mol. The Kier molecular flexibility index (Phi) is 4.27. The maximum absolute atomic E-state index is 12.2. The molecule has 0 aliphatic carbocycles. The van der Waals surface area contributed by atoms with Gasteiger partial charge in [0.05, 0.1) is 4.87 Å². The Morgan fingerprint density at radius 3 is 2.95 bits per heavy atom. The molecule has 1 N–H and O–H groups in total. The number of thioether (sulfide) groups is 1. The lowest BCUT2D eigenvalue weighted by molar-refractivity contribution is -0.161. The van der Waals surface area contributed by atoms with E-state index < -0.39 is 18.1 Å². The number of ether oxygens (including phenoxy) is 1. The third-order valence-corrected chi connectivity index (χ3v) is 5.24. The normalized spacial score (nSPS) is 30.1. The fraction of sp³-hybridized carbons (Fsp3) is 0.769. The van der Waals surface area contributed by atoms with Crippen LogP contribution in [0.5, 0.6) is 0 Å². The molecule has 7 heteroatoms. The van der Waals surface area contributed by atoms with Crippen LogP contribution in [0.3, 0.4) is 0 Å². The zero-order chi connectivity index (χ0) is 14.9.